The van der Waals surface area contributed by atoms with Crippen molar-refractivity contribution in [2.24, 2.45) is 17.6 Å². The van der Waals surface area contributed by atoms with E-state index in [1.807, 2.05) is 13.8 Å². The summed E-state index contributed by atoms with van der Waals surface area (Å²) in [5, 5.41) is 0. The molecule has 3 atom stereocenters. The highest BCUT2D eigenvalue weighted by Crippen LogP contribution is 2.45. The van der Waals surface area contributed by atoms with Crippen molar-refractivity contribution in [3.8, 4) is 0 Å². The zero-order valence-electron chi connectivity index (χ0n) is 8.75. The van der Waals surface area contributed by atoms with Crippen LogP contribution in [0.15, 0.2) is 0 Å². The van der Waals surface area contributed by atoms with Crippen LogP contribution in [-0.2, 0) is 4.74 Å². The quantitative estimate of drug-likeness (QED) is 0.725. The fourth-order valence-corrected chi connectivity index (χ4v) is 2.71. The van der Waals surface area contributed by atoms with E-state index in [1.54, 1.807) is 0 Å². The molecule has 13 heavy (non-hydrogen) atoms. The van der Waals surface area contributed by atoms with E-state index in [1.165, 1.54) is 25.7 Å². The van der Waals surface area contributed by atoms with Gasteiger partial charge in [0.2, 0.25) is 0 Å². The molecule has 0 aromatic carbocycles. The lowest BCUT2D eigenvalue weighted by Gasteiger charge is -2.26. The summed E-state index contributed by atoms with van der Waals surface area (Å²) in [4.78, 5) is 0. The molecule has 0 aliphatic heterocycles. The predicted octanol–water partition coefficient (Wildman–Crippen LogP) is 1.93. The Morgan fingerprint density at radius 2 is 2.08 bits per heavy atom. The van der Waals surface area contributed by atoms with Gasteiger partial charge in [0.05, 0.1) is 12.7 Å². The van der Waals surface area contributed by atoms with Gasteiger partial charge in [-0.15, -0.1) is 0 Å². The third-order valence-corrected chi connectivity index (χ3v) is 3.34. The number of hydrogen-bond acceptors (Lipinski definition) is 2. The van der Waals surface area contributed by atoms with Crippen molar-refractivity contribution in [1.82, 2.24) is 0 Å². The van der Waals surface area contributed by atoms with Crippen molar-refractivity contribution in [2.45, 2.75) is 51.2 Å². The van der Waals surface area contributed by atoms with Crippen molar-refractivity contribution >= 4 is 0 Å². The summed E-state index contributed by atoms with van der Waals surface area (Å²) >= 11 is 0. The van der Waals surface area contributed by atoms with Crippen LogP contribution in [0.3, 0.4) is 0 Å². The van der Waals surface area contributed by atoms with Gasteiger partial charge in [-0.1, -0.05) is 0 Å². The fraction of sp³-hybridized carbons (Fsp3) is 1.00. The predicted molar refractivity (Wildman–Crippen MR) is 53.5 cm³/mol. The highest BCUT2D eigenvalue weighted by Gasteiger charge is 2.40. The normalized spacial score (nSPS) is 38.5. The van der Waals surface area contributed by atoms with Crippen LogP contribution in [0.1, 0.15) is 39.5 Å². The summed E-state index contributed by atoms with van der Waals surface area (Å²) in [6, 6.07) is 0. The van der Waals surface area contributed by atoms with E-state index >= 15 is 0 Å². The average Bonchev–Trinajstić information content (AvgIpc) is 2.58. The molecule has 0 radical (unpaired) electrons. The smallest absolute Gasteiger partial charge is 0.0644 e. The van der Waals surface area contributed by atoms with Crippen LogP contribution < -0.4 is 5.73 Å². The molecule has 0 amide bonds. The van der Waals surface area contributed by atoms with Gasteiger partial charge in [0.25, 0.3) is 0 Å². The maximum absolute atomic E-state index is 5.89. The van der Waals surface area contributed by atoms with Gasteiger partial charge in [-0.05, 0) is 51.4 Å². The first-order chi connectivity index (χ1) is 6.04. The average molecular weight is 183 g/mol. The molecular weight excluding hydrogens is 162 g/mol. The minimum Gasteiger partial charge on any atom is -0.376 e. The summed E-state index contributed by atoms with van der Waals surface area (Å²) in [5.74, 6) is 1.82. The first-order valence-electron chi connectivity index (χ1n) is 5.45. The molecule has 76 valence electrons. The minimum atomic E-state index is -0.165. The van der Waals surface area contributed by atoms with Crippen molar-refractivity contribution in [2.75, 3.05) is 6.61 Å². The Morgan fingerprint density at radius 1 is 1.31 bits per heavy atom. The van der Waals surface area contributed by atoms with Gasteiger partial charge in [0.1, 0.15) is 0 Å². The maximum atomic E-state index is 5.89. The van der Waals surface area contributed by atoms with Crippen molar-refractivity contribution < 1.29 is 4.74 Å². The van der Waals surface area contributed by atoms with Gasteiger partial charge in [-0.25, -0.2) is 0 Å². The minimum absolute atomic E-state index is 0.165. The number of nitrogens with two attached hydrogens (primary N) is 1. The number of rotatable bonds is 3. The molecule has 3 unspecified atom stereocenters. The number of hydrogen-bond donors (Lipinski definition) is 1. The SMILES string of the molecule is CC(C)(N)COC1CC2CCC1C2. The number of fused-ring (bicyclic) bond motifs is 2. The van der Waals surface area contributed by atoms with Gasteiger partial charge < -0.3 is 10.5 Å². The summed E-state index contributed by atoms with van der Waals surface area (Å²) < 4.78 is 5.88. The second-order valence-corrected chi connectivity index (χ2v) is 5.51. The Morgan fingerprint density at radius 3 is 2.54 bits per heavy atom. The molecule has 2 saturated carbocycles. The van der Waals surface area contributed by atoms with Crippen LogP contribution in [-0.4, -0.2) is 18.2 Å². The molecule has 0 spiro atoms. The van der Waals surface area contributed by atoms with Gasteiger partial charge in [-0.2, -0.15) is 0 Å². The van der Waals surface area contributed by atoms with Crippen LogP contribution in [0.4, 0.5) is 0 Å². The molecule has 0 aromatic rings. The Hall–Kier alpha value is -0.0800. The molecule has 0 saturated heterocycles. The Balaban J connectivity index is 1.78. The Bertz CT molecular complexity index is 185. The maximum Gasteiger partial charge on any atom is 0.0644 e. The first-order valence-corrected chi connectivity index (χ1v) is 5.45. The fourth-order valence-electron chi connectivity index (χ4n) is 2.71. The lowest BCUT2D eigenvalue weighted by molar-refractivity contribution is -0.00378. The molecular formula is C11H21NO. The monoisotopic (exact) mass is 183 g/mol. The molecule has 2 N–H and O–H groups in total. The van der Waals surface area contributed by atoms with E-state index in [9.17, 15) is 0 Å². The van der Waals surface area contributed by atoms with Crippen LogP contribution in [0.5, 0.6) is 0 Å². The van der Waals surface area contributed by atoms with Crippen LogP contribution in [0, 0.1) is 11.8 Å². The van der Waals surface area contributed by atoms with Crippen LogP contribution in [0.2, 0.25) is 0 Å². The van der Waals surface area contributed by atoms with Crippen molar-refractivity contribution in [1.29, 1.82) is 0 Å². The van der Waals surface area contributed by atoms with Crippen LogP contribution >= 0.6 is 0 Å². The Labute approximate surface area is 80.8 Å². The molecule has 2 heteroatoms. The summed E-state index contributed by atoms with van der Waals surface area (Å²) in [6.45, 7) is 4.77. The van der Waals surface area contributed by atoms with Crippen LogP contribution in [0.25, 0.3) is 0 Å². The first kappa shape index (κ1) is 9.47. The third kappa shape index (κ3) is 2.23. The molecule has 0 aromatic heterocycles. The van der Waals surface area contributed by atoms with E-state index in [0.29, 0.717) is 12.7 Å². The van der Waals surface area contributed by atoms with E-state index in [0.717, 1.165) is 11.8 Å². The van der Waals surface area contributed by atoms with Crippen molar-refractivity contribution in [3.05, 3.63) is 0 Å². The summed E-state index contributed by atoms with van der Waals surface area (Å²) in [5.41, 5.74) is 5.72. The Kier molecular flexibility index (Phi) is 2.37. The van der Waals surface area contributed by atoms with Gasteiger partial charge in [0.15, 0.2) is 0 Å². The second-order valence-electron chi connectivity index (χ2n) is 5.51. The molecule has 2 bridgehead atoms. The van der Waals surface area contributed by atoms with Gasteiger partial charge in [0, 0.05) is 5.54 Å². The van der Waals surface area contributed by atoms with Gasteiger partial charge >= 0.3 is 0 Å². The molecule has 0 heterocycles. The highest BCUT2D eigenvalue weighted by molar-refractivity contribution is 4.91. The lowest BCUT2D eigenvalue weighted by Crippen LogP contribution is -2.39. The molecule has 2 aliphatic carbocycles. The van der Waals surface area contributed by atoms with E-state index in [-0.39, 0.29) is 5.54 Å². The summed E-state index contributed by atoms with van der Waals surface area (Å²) in [7, 11) is 0. The lowest BCUT2D eigenvalue weighted by atomic mass is 9.97. The largest absolute Gasteiger partial charge is 0.376 e. The van der Waals surface area contributed by atoms with E-state index in [2.05, 4.69) is 0 Å². The second kappa shape index (κ2) is 3.25. The standard InChI is InChI=1S/C11H21NO/c1-11(2,12)7-13-10-6-8-3-4-9(10)5-8/h8-10H,3-7,12H2,1-2H3. The number of ether oxygens (including phenoxy) is 1. The zero-order valence-corrected chi connectivity index (χ0v) is 8.75. The zero-order chi connectivity index (χ0) is 9.47. The molecule has 2 nitrogen and oxygen atoms in total. The van der Waals surface area contributed by atoms with E-state index in [4.69, 9.17) is 10.5 Å². The highest BCUT2D eigenvalue weighted by atomic mass is 16.5. The molecule has 2 aliphatic rings. The molecule has 2 rings (SSSR count). The third-order valence-electron chi connectivity index (χ3n) is 3.34. The van der Waals surface area contributed by atoms with Gasteiger partial charge in [-0.3, -0.25) is 0 Å². The van der Waals surface area contributed by atoms with Crippen molar-refractivity contribution in [3.63, 3.8) is 0 Å². The van der Waals surface area contributed by atoms with E-state index < -0.39 is 0 Å². The molecule has 2 fully saturated rings. The summed E-state index contributed by atoms with van der Waals surface area (Å²) in [6.07, 6.45) is 6.06. The topological polar surface area (TPSA) is 35.2 Å².